The summed E-state index contributed by atoms with van der Waals surface area (Å²) in [5.74, 6) is 0.573. The van der Waals surface area contributed by atoms with Crippen LogP contribution in [0.1, 0.15) is 22.8 Å². The van der Waals surface area contributed by atoms with Crippen molar-refractivity contribution in [3.63, 3.8) is 0 Å². The van der Waals surface area contributed by atoms with Crippen LogP contribution in [0.25, 0.3) is 0 Å². The van der Waals surface area contributed by atoms with Crippen LogP contribution in [0.3, 0.4) is 0 Å². The van der Waals surface area contributed by atoms with Gasteiger partial charge >= 0.3 is 5.97 Å². The number of hydrazone groups is 1. The third kappa shape index (κ3) is 7.21. The molecule has 182 valence electrons. The second-order valence-corrected chi connectivity index (χ2v) is 8.44. The van der Waals surface area contributed by atoms with E-state index in [1.54, 1.807) is 61.5 Å². The second kappa shape index (κ2) is 12.2. The van der Waals surface area contributed by atoms with Gasteiger partial charge in [-0.25, -0.2) is 10.2 Å². The molecule has 10 heteroatoms. The number of nitrogens with zero attached hydrogens (tertiary/aromatic N) is 1. The maximum Gasteiger partial charge on any atom is 0.343 e. The molecule has 1 N–H and O–H groups in total. The van der Waals surface area contributed by atoms with Crippen LogP contribution in [0.2, 0.25) is 5.02 Å². The van der Waals surface area contributed by atoms with Gasteiger partial charge in [0.15, 0.2) is 17.6 Å². The Balaban J connectivity index is 1.68. The number of carbonyl (C=O) groups is 2. The highest BCUT2D eigenvalue weighted by atomic mass is 79.9. The number of benzene rings is 3. The number of esters is 1. The van der Waals surface area contributed by atoms with Crippen molar-refractivity contribution in [2.24, 2.45) is 5.10 Å². The molecule has 0 bridgehead atoms. The van der Waals surface area contributed by atoms with Gasteiger partial charge < -0.3 is 18.9 Å². The monoisotopic (exact) mass is 560 g/mol. The lowest BCUT2D eigenvalue weighted by molar-refractivity contribution is -0.127. The minimum atomic E-state index is -0.807. The minimum absolute atomic E-state index is 0.247. The third-order valence-corrected chi connectivity index (χ3v) is 5.41. The molecule has 35 heavy (non-hydrogen) atoms. The number of carbonyl (C=O) groups excluding carboxylic acids is 2. The number of hydrogen-bond donors (Lipinski definition) is 1. The molecule has 0 spiro atoms. The van der Waals surface area contributed by atoms with Gasteiger partial charge in [-0.2, -0.15) is 5.10 Å². The van der Waals surface area contributed by atoms with E-state index in [-0.39, 0.29) is 11.3 Å². The van der Waals surface area contributed by atoms with Crippen LogP contribution in [0.15, 0.2) is 70.2 Å². The quantitative estimate of drug-likeness (QED) is 0.166. The number of ether oxygens (including phenoxy) is 4. The van der Waals surface area contributed by atoms with E-state index >= 15 is 0 Å². The van der Waals surface area contributed by atoms with Crippen LogP contribution < -0.4 is 24.4 Å². The van der Waals surface area contributed by atoms with Crippen molar-refractivity contribution in [3.05, 3.63) is 81.3 Å². The highest BCUT2D eigenvalue weighted by Crippen LogP contribution is 2.29. The zero-order chi connectivity index (χ0) is 25.4. The van der Waals surface area contributed by atoms with E-state index in [2.05, 4.69) is 26.5 Å². The minimum Gasteiger partial charge on any atom is -0.493 e. The number of nitrogens with one attached hydrogen (secondary N) is 1. The Morgan fingerprint density at radius 3 is 2.34 bits per heavy atom. The van der Waals surface area contributed by atoms with Crippen molar-refractivity contribution in [2.45, 2.75) is 13.0 Å². The molecule has 0 radical (unpaired) electrons. The Hall–Kier alpha value is -3.56. The summed E-state index contributed by atoms with van der Waals surface area (Å²) in [5, 5.41) is 4.54. The summed E-state index contributed by atoms with van der Waals surface area (Å²) in [5.41, 5.74) is 3.15. The molecule has 0 aromatic heterocycles. The molecule has 0 saturated heterocycles. The molecule has 3 aromatic rings. The topological polar surface area (TPSA) is 95.5 Å². The largest absolute Gasteiger partial charge is 0.493 e. The highest BCUT2D eigenvalue weighted by molar-refractivity contribution is 9.10. The maximum atomic E-state index is 12.7. The molecule has 0 aliphatic heterocycles. The van der Waals surface area contributed by atoms with Crippen molar-refractivity contribution in [1.82, 2.24) is 5.43 Å². The van der Waals surface area contributed by atoms with Crippen LogP contribution in [-0.4, -0.2) is 38.4 Å². The number of methoxy groups -OCH3 is 2. The molecule has 0 aliphatic carbocycles. The molecule has 3 rings (SSSR count). The molecule has 0 aliphatic rings. The van der Waals surface area contributed by atoms with Crippen LogP contribution in [0.4, 0.5) is 0 Å². The molecule has 0 heterocycles. The Kier molecular flexibility index (Phi) is 9.11. The first-order chi connectivity index (χ1) is 16.8. The normalized spacial score (nSPS) is 11.6. The third-order valence-electron chi connectivity index (χ3n) is 4.67. The Morgan fingerprint density at radius 1 is 0.971 bits per heavy atom. The van der Waals surface area contributed by atoms with E-state index in [1.165, 1.54) is 26.5 Å². The lowest BCUT2D eigenvalue weighted by atomic mass is 10.2. The van der Waals surface area contributed by atoms with E-state index in [1.807, 2.05) is 0 Å². The zero-order valence-electron chi connectivity index (χ0n) is 19.1. The summed E-state index contributed by atoms with van der Waals surface area (Å²) in [6.07, 6.45) is 0.563. The Bertz CT molecular complexity index is 1230. The van der Waals surface area contributed by atoms with Gasteiger partial charge in [-0.15, -0.1) is 0 Å². The average Bonchev–Trinajstić information content (AvgIpc) is 2.86. The van der Waals surface area contributed by atoms with Crippen LogP contribution in [0, 0.1) is 0 Å². The number of amides is 1. The summed E-state index contributed by atoms with van der Waals surface area (Å²) in [4.78, 5) is 25.1. The van der Waals surface area contributed by atoms with Crippen LogP contribution in [0.5, 0.6) is 23.0 Å². The first-order valence-corrected chi connectivity index (χ1v) is 11.5. The lowest BCUT2D eigenvalue weighted by Crippen LogP contribution is -2.33. The molecule has 1 atom stereocenters. The first-order valence-electron chi connectivity index (χ1n) is 10.3. The van der Waals surface area contributed by atoms with E-state index in [4.69, 9.17) is 30.5 Å². The van der Waals surface area contributed by atoms with Crippen molar-refractivity contribution in [1.29, 1.82) is 0 Å². The number of rotatable bonds is 9. The van der Waals surface area contributed by atoms with Gasteiger partial charge in [0, 0.05) is 15.1 Å². The maximum absolute atomic E-state index is 12.7. The van der Waals surface area contributed by atoms with E-state index in [0.717, 1.165) is 4.47 Å². The van der Waals surface area contributed by atoms with Gasteiger partial charge in [0.1, 0.15) is 11.5 Å². The Labute approximate surface area is 215 Å². The molecule has 0 fully saturated rings. The molecular formula is C25H22BrClN2O6. The summed E-state index contributed by atoms with van der Waals surface area (Å²) in [6, 6.07) is 16.4. The SMILES string of the molecule is COc1ccc(C(=O)Oc2ccc(Br)cc2/C=N/NC(=O)C(C)Oc2ccc(Cl)cc2)cc1OC. The zero-order valence-corrected chi connectivity index (χ0v) is 21.4. The first kappa shape index (κ1) is 26.1. The highest BCUT2D eigenvalue weighted by Gasteiger charge is 2.16. The predicted molar refractivity (Wildman–Crippen MR) is 136 cm³/mol. The fourth-order valence-electron chi connectivity index (χ4n) is 2.86. The average molecular weight is 562 g/mol. The smallest absolute Gasteiger partial charge is 0.343 e. The fraction of sp³-hybridized carbons (Fsp3) is 0.160. The van der Waals surface area contributed by atoms with Crippen molar-refractivity contribution < 1.29 is 28.5 Å². The van der Waals surface area contributed by atoms with Crippen molar-refractivity contribution in [2.75, 3.05) is 14.2 Å². The second-order valence-electron chi connectivity index (χ2n) is 7.09. The van der Waals surface area contributed by atoms with Crippen molar-refractivity contribution >= 4 is 45.6 Å². The van der Waals surface area contributed by atoms with Gasteiger partial charge in [0.25, 0.3) is 5.91 Å². The molecule has 8 nitrogen and oxygen atoms in total. The van der Waals surface area contributed by atoms with E-state index in [9.17, 15) is 9.59 Å². The van der Waals surface area contributed by atoms with Gasteiger partial charge in [-0.1, -0.05) is 27.5 Å². The summed E-state index contributed by atoms with van der Waals surface area (Å²) in [6.45, 7) is 1.59. The van der Waals surface area contributed by atoms with Gasteiger partial charge in [0.2, 0.25) is 0 Å². The van der Waals surface area contributed by atoms with E-state index < -0.39 is 18.0 Å². The van der Waals surface area contributed by atoms with Gasteiger partial charge in [-0.3, -0.25) is 4.79 Å². The lowest BCUT2D eigenvalue weighted by Gasteiger charge is -2.13. The molecule has 1 amide bonds. The fourth-order valence-corrected chi connectivity index (χ4v) is 3.37. The van der Waals surface area contributed by atoms with E-state index in [0.29, 0.717) is 27.8 Å². The molecule has 0 saturated carbocycles. The summed E-state index contributed by atoms with van der Waals surface area (Å²) in [7, 11) is 2.98. The van der Waals surface area contributed by atoms with Crippen LogP contribution >= 0.6 is 27.5 Å². The molecule has 3 aromatic carbocycles. The predicted octanol–water partition coefficient (Wildman–Crippen LogP) is 5.26. The molecular weight excluding hydrogens is 540 g/mol. The Morgan fingerprint density at radius 2 is 1.66 bits per heavy atom. The van der Waals surface area contributed by atoms with Gasteiger partial charge in [0.05, 0.1) is 26.0 Å². The van der Waals surface area contributed by atoms with Gasteiger partial charge in [-0.05, 0) is 67.6 Å². The standard InChI is InChI=1S/C25H22BrClN2O6/c1-15(34-20-8-6-19(27)7-9-20)24(30)29-28-14-17-12-18(26)5-11-21(17)35-25(31)16-4-10-22(32-2)23(13-16)33-3/h4-15H,1-3H3,(H,29,30)/b28-14+. The summed E-state index contributed by atoms with van der Waals surface area (Å²) >= 11 is 9.23. The number of hydrogen-bond acceptors (Lipinski definition) is 7. The number of halogens is 2. The summed E-state index contributed by atoms with van der Waals surface area (Å²) < 4.78 is 22.3. The molecule has 1 unspecified atom stereocenters. The van der Waals surface area contributed by atoms with Crippen molar-refractivity contribution in [3.8, 4) is 23.0 Å². The van der Waals surface area contributed by atoms with Crippen LogP contribution in [-0.2, 0) is 4.79 Å².